The van der Waals surface area contributed by atoms with E-state index in [1.165, 1.54) is 21.6 Å². The van der Waals surface area contributed by atoms with E-state index in [0.717, 1.165) is 61.7 Å². The molecule has 2 aliphatic rings. The van der Waals surface area contributed by atoms with E-state index < -0.39 is 28.3 Å². The first kappa shape index (κ1) is 50.9. The van der Waals surface area contributed by atoms with Gasteiger partial charge in [0.15, 0.2) is 23.0 Å². The number of hydrogen-bond donors (Lipinski definition) is 9. The molecule has 0 bridgehead atoms. The standard InChI is InChI=1S/C56H65N3O9S2/c1-5-36-9-10-37-7-6-8-38(17-20-60)51(37)44(36)26-45-39(11-13-46(62)53(45)67-4)24-41(21-34-16-19-58-30-34)48(64)27-50(65)56(42-22-35(29-57-3)23-43(61)25-42)18-15-49-52-40(28-56)12-14-47(63)54(52)68-33-59-31-55(2,66)32-69-70-49/h6-16,18-19,22-23,25,30,41,48-49,57-64,66H,5,17,20-21,24,26-29,31-33H2,1-4H3/t41-,48+,49-,55-,56-/m0/s1. The smallest absolute Gasteiger partial charge is 0.167 e. The van der Waals surface area contributed by atoms with Gasteiger partial charge in [-0.3, -0.25) is 10.1 Å². The molecule has 1 aromatic heterocycles. The van der Waals surface area contributed by atoms with Crippen LogP contribution in [-0.4, -0.2) is 92.9 Å². The van der Waals surface area contributed by atoms with Crippen LogP contribution in [0.1, 0.15) is 81.2 Å². The monoisotopic (exact) mass is 987 g/mol. The third kappa shape index (κ3) is 11.0. The van der Waals surface area contributed by atoms with Crippen molar-refractivity contribution in [1.29, 1.82) is 0 Å². The van der Waals surface area contributed by atoms with Gasteiger partial charge >= 0.3 is 0 Å². The van der Waals surface area contributed by atoms with Crippen LogP contribution < -0.4 is 20.1 Å². The Balaban J connectivity index is 1.22. The zero-order valence-electron chi connectivity index (χ0n) is 40.3. The number of ether oxygens (including phenoxy) is 2. The predicted molar refractivity (Wildman–Crippen MR) is 279 cm³/mol. The molecule has 12 nitrogen and oxygen atoms in total. The number of aliphatic hydroxyl groups is 3. The van der Waals surface area contributed by atoms with Crippen molar-refractivity contribution < 1.29 is 44.9 Å². The number of aromatic hydroxyl groups is 3. The van der Waals surface area contributed by atoms with Gasteiger partial charge in [0, 0.05) is 61.8 Å². The minimum atomic E-state index is -1.39. The normalized spacial score (nSPS) is 20.2. The summed E-state index contributed by atoms with van der Waals surface area (Å²) in [7, 11) is 6.36. The molecule has 5 aromatic carbocycles. The van der Waals surface area contributed by atoms with Gasteiger partial charge in [0.05, 0.1) is 29.5 Å². The number of rotatable bonds is 17. The van der Waals surface area contributed by atoms with Crippen LogP contribution in [0.2, 0.25) is 0 Å². The summed E-state index contributed by atoms with van der Waals surface area (Å²) in [6.45, 7) is 4.62. The largest absolute Gasteiger partial charge is 0.508 e. The minimum absolute atomic E-state index is 0.0000446. The second kappa shape index (κ2) is 22.3. The molecule has 0 spiro atoms. The van der Waals surface area contributed by atoms with Gasteiger partial charge in [0.25, 0.3) is 0 Å². The number of phenolic OH excluding ortho intramolecular Hbond substituents is 3. The molecule has 6 aromatic rings. The van der Waals surface area contributed by atoms with Crippen LogP contribution in [0.4, 0.5) is 0 Å². The highest BCUT2D eigenvalue weighted by molar-refractivity contribution is 8.76. The number of methoxy groups -OCH3 is 1. The molecule has 1 aliphatic heterocycles. The Morgan fingerprint density at radius 3 is 2.54 bits per heavy atom. The molecular weight excluding hydrogens is 923 g/mol. The molecule has 2 heterocycles. The van der Waals surface area contributed by atoms with Crippen LogP contribution in [0.3, 0.4) is 0 Å². The first-order chi connectivity index (χ1) is 33.8. The highest BCUT2D eigenvalue weighted by atomic mass is 33.1. The minimum Gasteiger partial charge on any atom is -0.508 e. The van der Waals surface area contributed by atoms with E-state index in [-0.39, 0.29) is 61.5 Å². The number of Topliss-reactive ketones (excluding diaryl/α,β-unsaturated/α-hetero) is 1. The first-order valence-corrected chi connectivity index (χ1v) is 26.4. The molecular formula is C56H65N3O9S2. The molecule has 14 heteroatoms. The number of hydrogen-bond acceptors (Lipinski definition) is 13. The lowest BCUT2D eigenvalue weighted by molar-refractivity contribution is -0.125. The number of β-amino-alcohol motifs (C(OH)–C–C–N with tert-alkyl or cyclic N) is 1. The lowest BCUT2D eigenvalue weighted by Gasteiger charge is -2.33. The quantitative estimate of drug-likeness (QED) is 0.0313. The lowest BCUT2D eigenvalue weighted by Crippen LogP contribution is -2.41. The van der Waals surface area contributed by atoms with Gasteiger partial charge in [0.2, 0.25) is 0 Å². The topological polar surface area (TPSA) is 197 Å². The van der Waals surface area contributed by atoms with E-state index in [1.54, 1.807) is 38.3 Å². The summed E-state index contributed by atoms with van der Waals surface area (Å²) in [5.74, 6) is 0.220. The molecule has 0 saturated heterocycles. The summed E-state index contributed by atoms with van der Waals surface area (Å²) >= 11 is 0. The van der Waals surface area contributed by atoms with E-state index >= 15 is 4.79 Å². The van der Waals surface area contributed by atoms with Crippen LogP contribution in [0.5, 0.6) is 28.7 Å². The van der Waals surface area contributed by atoms with Crippen molar-refractivity contribution >= 4 is 38.1 Å². The van der Waals surface area contributed by atoms with Gasteiger partial charge < -0.3 is 50.4 Å². The van der Waals surface area contributed by atoms with Crippen molar-refractivity contribution in [3.8, 4) is 28.7 Å². The number of nitrogens with one attached hydrogen (secondary N) is 3. The maximum atomic E-state index is 15.8. The van der Waals surface area contributed by atoms with Gasteiger partial charge in [-0.25, -0.2) is 0 Å². The summed E-state index contributed by atoms with van der Waals surface area (Å²) in [6, 6.07) is 24.5. The Bertz CT molecular complexity index is 2830. The number of allylic oxidation sites excluding steroid dienone is 1. The van der Waals surface area contributed by atoms with Crippen molar-refractivity contribution in [1.82, 2.24) is 15.6 Å². The van der Waals surface area contributed by atoms with Gasteiger partial charge in [0.1, 0.15) is 18.3 Å². The molecule has 0 unspecified atom stereocenters. The summed E-state index contributed by atoms with van der Waals surface area (Å²) < 4.78 is 12.2. The molecule has 0 saturated carbocycles. The molecule has 0 radical (unpaired) electrons. The molecule has 5 atom stereocenters. The van der Waals surface area contributed by atoms with Crippen LogP contribution >= 0.6 is 21.6 Å². The number of H-pyrrole nitrogens is 1. The fourth-order valence-electron chi connectivity index (χ4n) is 10.4. The number of phenols is 3. The molecule has 370 valence electrons. The Kier molecular flexibility index (Phi) is 16.2. The zero-order valence-corrected chi connectivity index (χ0v) is 41.9. The molecule has 1 aliphatic carbocycles. The van der Waals surface area contributed by atoms with Crippen molar-refractivity contribution in [2.24, 2.45) is 5.92 Å². The van der Waals surface area contributed by atoms with Crippen LogP contribution in [0.15, 0.2) is 103 Å². The van der Waals surface area contributed by atoms with E-state index in [4.69, 9.17) is 9.47 Å². The molecule has 8 rings (SSSR count). The average molecular weight is 988 g/mol. The number of aromatic nitrogens is 1. The Labute approximate surface area is 418 Å². The number of ketones is 1. The number of benzene rings is 5. The van der Waals surface area contributed by atoms with E-state index in [0.29, 0.717) is 54.9 Å². The maximum absolute atomic E-state index is 15.8. The lowest BCUT2D eigenvalue weighted by atomic mass is 9.69. The van der Waals surface area contributed by atoms with E-state index in [9.17, 15) is 30.6 Å². The van der Waals surface area contributed by atoms with Gasteiger partial charge in [-0.15, -0.1) is 0 Å². The van der Waals surface area contributed by atoms with Crippen molar-refractivity contribution in [3.05, 3.63) is 159 Å². The predicted octanol–water partition coefficient (Wildman–Crippen LogP) is 8.29. The summed E-state index contributed by atoms with van der Waals surface area (Å²) in [6.07, 6.45) is 8.74. The number of aromatic amines is 1. The van der Waals surface area contributed by atoms with Gasteiger partial charge in [-0.1, -0.05) is 89.2 Å². The second-order valence-corrected chi connectivity index (χ2v) is 21.5. The third-order valence-electron chi connectivity index (χ3n) is 13.9. The third-order valence-corrected chi connectivity index (χ3v) is 16.7. The van der Waals surface area contributed by atoms with Crippen LogP contribution in [0, 0.1) is 5.92 Å². The fraction of sp³-hybridized carbons (Fsp3) is 0.375. The second-order valence-electron chi connectivity index (χ2n) is 19.0. The van der Waals surface area contributed by atoms with E-state index in [2.05, 4.69) is 40.7 Å². The highest BCUT2D eigenvalue weighted by Gasteiger charge is 2.44. The first-order valence-electron chi connectivity index (χ1n) is 24.0. The van der Waals surface area contributed by atoms with Crippen LogP contribution in [-0.2, 0) is 55.3 Å². The number of aryl methyl sites for hydroxylation is 1. The average Bonchev–Trinajstić information content (AvgIpc) is 3.78. The molecule has 70 heavy (non-hydrogen) atoms. The van der Waals surface area contributed by atoms with Crippen molar-refractivity contribution in [2.45, 2.75) is 87.7 Å². The molecule has 9 N–H and O–H groups in total. The van der Waals surface area contributed by atoms with Crippen molar-refractivity contribution in [3.63, 3.8) is 0 Å². The van der Waals surface area contributed by atoms with Crippen molar-refractivity contribution in [2.75, 3.05) is 39.8 Å². The Morgan fingerprint density at radius 2 is 1.79 bits per heavy atom. The number of fused-ring (bicyclic) bond motifs is 1. The summed E-state index contributed by atoms with van der Waals surface area (Å²) in [5.41, 5.74) is 6.20. The molecule has 0 fully saturated rings. The number of carbonyl (C=O) groups excluding carboxylic acids is 1. The van der Waals surface area contributed by atoms with Crippen LogP contribution in [0.25, 0.3) is 10.8 Å². The van der Waals surface area contributed by atoms with E-state index in [1.807, 2.05) is 68.0 Å². The maximum Gasteiger partial charge on any atom is 0.167 e. The highest BCUT2D eigenvalue weighted by Crippen LogP contribution is 2.52. The number of aliphatic hydroxyl groups excluding tert-OH is 2. The summed E-state index contributed by atoms with van der Waals surface area (Å²) in [5, 5.41) is 75.9. The Hall–Kier alpha value is -5.45. The SMILES string of the molecule is CCc1ccc2cccc(CCO)c2c1Cc1c(C[C@H](Cc2cc[nH]c2)[C@H](O)CC(=O)[C@@]2(c3cc(O)cc(CNC)c3)C=C[C@@H]3SSC[C@@](C)(O)CNCOc4c(O)ccc(c43)C2)ccc(O)c1OC. The van der Waals surface area contributed by atoms with Gasteiger partial charge in [-0.2, -0.15) is 0 Å². The number of carbonyl (C=O) groups is 1. The molecule has 0 amide bonds. The zero-order chi connectivity index (χ0) is 49.6. The summed E-state index contributed by atoms with van der Waals surface area (Å²) in [4.78, 5) is 18.9. The van der Waals surface area contributed by atoms with Gasteiger partial charge in [-0.05, 0) is 138 Å². The Morgan fingerprint density at radius 1 is 0.971 bits per heavy atom. The fourth-order valence-corrected chi connectivity index (χ4v) is 13.3.